The first-order chi connectivity index (χ1) is 5.34. The highest BCUT2D eigenvalue weighted by Crippen LogP contribution is 2.15. The van der Waals surface area contributed by atoms with Crippen molar-refractivity contribution in [2.24, 2.45) is 0 Å². The van der Waals surface area contributed by atoms with Crippen molar-refractivity contribution in [2.75, 3.05) is 5.43 Å². The van der Waals surface area contributed by atoms with Crippen LogP contribution in [0.25, 0.3) is 0 Å². The Kier molecular flexibility index (Phi) is 3.15. The summed E-state index contributed by atoms with van der Waals surface area (Å²) in [5.41, 5.74) is 6.01. The van der Waals surface area contributed by atoms with Gasteiger partial charge in [-0.15, -0.1) is 0 Å². The van der Waals surface area contributed by atoms with E-state index in [1.807, 2.05) is 24.3 Å². The van der Waals surface area contributed by atoms with Crippen LogP contribution in [0, 0.1) is 3.57 Å². The molecule has 0 aliphatic carbocycles. The number of hydrazine groups is 1. The average molecular weight is 262 g/mol. The van der Waals surface area contributed by atoms with Crippen molar-refractivity contribution in [3.63, 3.8) is 0 Å². The Morgan fingerprint density at radius 3 is 2.73 bits per heavy atom. The molecule has 0 aromatic heterocycles. The molecule has 0 heterocycles. The van der Waals surface area contributed by atoms with Crippen LogP contribution in [0.2, 0.25) is 0 Å². The predicted molar refractivity (Wildman–Crippen MR) is 52.0 cm³/mol. The fourth-order valence-corrected chi connectivity index (χ4v) is 1.19. The highest BCUT2D eigenvalue weighted by atomic mass is 127. The number of halogens is 1. The summed E-state index contributed by atoms with van der Waals surface area (Å²) in [6.45, 7) is 0. The molecular formula is C7H7IN2O. The third-order valence-electron chi connectivity index (χ3n) is 1.14. The zero-order chi connectivity index (χ0) is 8.10. The van der Waals surface area contributed by atoms with Crippen LogP contribution in [0.3, 0.4) is 0 Å². The van der Waals surface area contributed by atoms with Gasteiger partial charge in [-0.25, -0.2) is 0 Å². The number of carbonyl (C=O) groups excluding carboxylic acids is 1. The quantitative estimate of drug-likeness (QED) is 0.490. The van der Waals surface area contributed by atoms with E-state index in [0.29, 0.717) is 6.41 Å². The number of rotatable bonds is 3. The molecule has 3 nitrogen and oxygen atoms in total. The van der Waals surface area contributed by atoms with Crippen molar-refractivity contribution in [2.45, 2.75) is 0 Å². The van der Waals surface area contributed by atoms with Crippen LogP contribution in [0.5, 0.6) is 0 Å². The number of benzene rings is 1. The lowest BCUT2D eigenvalue weighted by Gasteiger charge is -2.04. The molecule has 0 aliphatic heterocycles. The fraction of sp³-hybridized carbons (Fsp3) is 0. The summed E-state index contributed by atoms with van der Waals surface area (Å²) in [4.78, 5) is 9.91. The van der Waals surface area contributed by atoms with Gasteiger partial charge in [0.1, 0.15) is 0 Å². The van der Waals surface area contributed by atoms with Crippen LogP contribution >= 0.6 is 22.6 Å². The van der Waals surface area contributed by atoms with Crippen molar-refractivity contribution >= 4 is 34.7 Å². The van der Waals surface area contributed by atoms with E-state index >= 15 is 0 Å². The van der Waals surface area contributed by atoms with Crippen molar-refractivity contribution in [1.82, 2.24) is 5.43 Å². The number of nitrogens with one attached hydrogen (secondary N) is 2. The third-order valence-corrected chi connectivity index (χ3v) is 2.08. The molecule has 0 saturated heterocycles. The maximum Gasteiger partial charge on any atom is 0.225 e. The molecule has 2 N–H and O–H groups in total. The lowest BCUT2D eigenvalue weighted by Crippen LogP contribution is -2.19. The van der Waals surface area contributed by atoms with Gasteiger partial charge < -0.3 is 0 Å². The number of hydrogen-bond donors (Lipinski definition) is 2. The highest BCUT2D eigenvalue weighted by molar-refractivity contribution is 14.1. The Bertz CT molecular complexity index is 252. The number of carbonyl (C=O) groups is 1. The van der Waals surface area contributed by atoms with E-state index in [2.05, 4.69) is 33.4 Å². The number of hydrogen-bond acceptors (Lipinski definition) is 2. The Morgan fingerprint density at radius 2 is 2.09 bits per heavy atom. The Labute approximate surface area is 78.3 Å². The Morgan fingerprint density at radius 1 is 1.36 bits per heavy atom. The van der Waals surface area contributed by atoms with Crippen LogP contribution in [-0.2, 0) is 4.79 Å². The summed E-state index contributed by atoms with van der Waals surface area (Å²) in [5.74, 6) is 0. The summed E-state index contributed by atoms with van der Waals surface area (Å²) in [6.07, 6.45) is 0.600. The molecule has 0 atom stereocenters. The number of anilines is 1. The molecule has 1 aromatic carbocycles. The van der Waals surface area contributed by atoms with Crippen LogP contribution < -0.4 is 10.9 Å². The molecule has 0 bridgehead atoms. The molecule has 1 amide bonds. The van der Waals surface area contributed by atoms with Gasteiger partial charge in [0.15, 0.2) is 0 Å². The van der Waals surface area contributed by atoms with E-state index in [1.54, 1.807) is 0 Å². The molecule has 0 saturated carbocycles. The van der Waals surface area contributed by atoms with Crippen LogP contribution in [0.4, 0.5) is 5.69 Å². The topological polar surface area (TPSA) is 41.1 Å². The molecule has 0 fully saturated rings. The first-order valence-electron chi connectivity index (χ1n) is 3.04. The van der Waals surface area contributed by atoms with Crippen molar-refractivity contribution in [3.8, 4) is 0 Å². The second-order valence-corrected chi connectivity index (χ2v) is 3.03. The van der Waals surface area contributed by atoms with E-state index in [1.165, 1.54) is 0 Å². The molecule has 0 radical (unpaired) electrons. The maximum atomic E-state index is 9.91. The van der Waals surface area contributed by atoms with E-state index < -0.39 is 0 Å². The summed E-state index contributed by atoms with van der Waals surface area (Å²) in [5, 5.41) is 0. The smallest absolute Gasteiger partial charge is 0.225 e. The zero-order valence-electron chi connectivity index (χ0n) is 5.67. The molecule has 1 rings (SSSR count). The van der Waals surface area contributed by atoms with Crippen molar-refractivity contribution in [3.05, 3.63) is 27.8 Å². The Hall–Kier alpha value is -0.780. The van der Waals surface area contributed by atoms with Gasteiger partial charge in [0.25, 0.3) is 0 Å². The van der Waals surface area contributed by atoms with Crippen LogP contribution in [-0.4, -0.2) is 6.41 Å². The molecule has 1 aromatic rings. The van der Waals surface area contributed by atoms with Gasteiger partial charge in [-0.3, -0.25) is 15.6 Å². The first-order valence-corrected chi connectivity index (χ1v) is 4.12. The lowest BCUT2D eigenvalue weighted by atomic mass is 10.3. The fourth-order valence-electron chi connectivity index (χ4n) is 0.670. The lowest BCUT2D eigenvalue weighted by molar-refractivity contribution is -0.109. The maximum absolute atomic E-state index is 9.91. The van der Waals surface area contributed by atoms with E-state index in [0.717, 1.165) is 9.26 Å². The molecule has 0 spiro atoms. The molecular weight excluding hydrogens is 255 g/mol. The molecule has 0 aliphatic rings. The van der Waals surface area contributed by atoms with E-state index in [9.17, 15) is 4.79 Å². The van der Waals surface area contributed by atoms with Crippen molar-refractivity contribution in [1.29, 1.82) is 0 Å². The normalized spacial score (nSPS) is 8.82. The van der Waals surface area contributed by atoms with Crippen molar-refractivity contribution < 1.29 is 4.79 Å². The SMILES string of the molecule is O=CNNc1ccccc1I. The van der Waals surface area contributed by atoms with Gasteiger partial charge in [-0.05, 0) is 34.7 Å². The minimum Gasteiger partial charge on any atom is -0.298 e. The van der Waals surface area contributed by atoms with Gasteiger partial charge in [-0.2, -0.15) is 0 Å². The van der Waals surface area contributed by atoms with Gasteiger partial charge in [-0.1, -0.05) is 12.1 Å². The minimum atomic E-state index is 0.600. The number of para-hydroxylation sites is 1. The summed E-state index contributed by atoms with van der Waals surface area (Å²) in [6, 6.07) is 7.68. The standard InChI is InChI=1S/C7H7IN2O/c8-6-3-1-2-4-7(6)10-9-5-11/h1-5,10H,(H,9,11). The average Bonchev–Trinajstić information content (AvgIpc) is 2.03. The van der Waals surface area contributed by atoms with Gasteiger partial charge in [0.2, 0.25) is 6.41 Å². The molecule has 0 unspecified atom stereocenters. The van der Waals surface area contributed by atoms with Gasteiger partial charge >= 0.3 is 0 Å². The predicted octanol–water partition coefficient (Wildman–Crippen LogP) is 1.36. The summed E-state index contributed by atoms with van der Waals surface area (Å²) >= 11 is 2.18. The second-order valence-electron chi connectivity index (χ2n) is 1.87. The van der Waals surface area contributed by atoms with Gasteiger partial charge in [0.05, 0.1) is 5.69 Å². The molecule has 4 heteroatoms. The van der Waals surface area contributed by atoms with Gasteiger partial charge in [0, 0.05) is 3.57 Å². The Balaban J connectivity index is 2.69. The molecule has 11 heavy (non-hydrogen) atoms. The van der Waals surface area contributed by atoms with Crippen LogP contribution in [0.1, 0.15) is 0 Å². The van der Waals surface area contributed by atoms with Crippen LogP contribution in [0.15, 0.2) is 24.3 Å². The zero-order valence-corrected chi connectivity index (χ0v) is 7.83. The number of amides is 1. The summed E-state index contributed by atoms with van der Waals surface area (Å²) < 4.78 is 1.07. The summed E-state index contributed by atoms with van der Waals surface area (Å²) in [7, 11) is 0. The highest BCUT2D eigenvalue weighted by Gasteiger charge is 1.93. The van der Waals surface area contributed by atoms with E-state index in [4.69, 9.17) is 0 Å². The van der Waals surface area contributed by atoms with E-state index in [-0.39, 0.29) is 0 Å². The minimum absolute atomic E-state index is 0.600. The largest absolute Gasteiger partial charge is 0.298 e. The first kappa shape index (κ1) is 8.32. The monoisotopic (exact) mass is 262 g/mol. The third kappa shape index (κ3) is 2.38. The second kappa shape index (κ2) is 4.17. The molecule has 58 valence electrons.